The average Bonchev–Trinajstić information content (AvgIpc) is 2.56. The summed E-state index contributed by atoms with van der Waals surface area (Å²) in [6.45, 7) is -0.156. The van der Waals surface area contributed by atoms with Crippen molar-refractivity contribution in [3.63, 3.8) is 0 Å². The normalized spacial score (nSPS) is 12.6. The summed E-state index contributed by atoms with van der Waals surface area (Å²) in [4.78, 5) is 15.2. The predicted octanol–water partition coefficient (Wildman–Crippen LogP) is 2.09. The lowest BCUT2D eigenvalue weighted by Gasteiger charge is -2.18. The van der Waals surface area contributed by atoms with Crippen molar-refractivity contribution in [2.75, 3.05) is 12.4 Å². The van der Waals surface area contributed by atoms with Crippen molar-refractivity contribution in [2.24, 2.45) is 0 Å². The van der Waals surface area contributed by atoms with Crippen LogP contribution in [0.25, 0.3) is 0 Å². The molecule has 0 aliphatic rings. The highest BCUT2D eigenvalue weighted by molar-refractivity contribution is 7.91. The number of benzene rings is 1. The summed E-state index contributed by atoms with van der Waals surface area (Å²) in [5, 5.41) is 1.42. The summed E-state index contributed by atoms with van der Waals surface area (Å²) in [6, 6.07) is 7.74. The molecule has 1 aromatic heterocycles. The van der Waals surface area contributed by atoms with E-state index in [9.17, 15) is 17.6 Å². The zero-order valence-corrected chi connectivity index (χ0v) is 13.5. The third-order valence-electron chi connectivity index (χ3n) is 3.18. The lowest BCUT2D eigenvalue weighted by Crippen LogP contribution is -2.32. The van der Waals surface area contributed by atoms with Crippen molar-refractivity contribution in [1.82, 2.24) is 10.3 Å². The van der Waals surface area contributed by atoms with Gasteiger partial charge in [0.2, 0.25) is 5.91 Å². The van der Waals surface area contributed by atoms with Gasteiger partial charge in [-0.25, -0.2) is 12.8 Å². The van der Waals surface area contributed by atoms with Crippen molar-refractivity contribution in [3.05, 3.63) is 60.2 Å². The molecule has 8 heteroatoms. The van der Waals surface area contributed by atoms with Crippen LogP contribution in [0.15, 0.2) is 53.7 Å². The molecule has 5 nitrogen and oxygen atoms in total. The molecule has 0 fully saturated rings. The molecule has 23 heavy (non-hydrogen) atoms. The van der Waals surface area contributed by atoms with E-state index in [0.29, 0.717) is 5.56 Å². The first-order chi connectivity index (χ1) is 10.9. The summed E-state index contributed by atoms with van der Waals surface area (Å²) >= 11 is 5.41. The Morgan fingerprint density at radius 1 is 1.26 bits per heavy atom. The van der Waals surface area contributed by atoms with Gasteiger partial charge in [-0.15, -0.1) is 11.6 Å². The van der Waals surface area contributed by atoms with Crippen molar-refractivity contribution in [3.8, 4) is 0 Å². The fourth-order valence-corrected chi connectivity index (χ4v) is 3.75. The summed E-state index contributed by atoms with van der Waals surface area (Å²) < 4.78 is 38.6. The summed E-state index contributed by atoms with van der Waals surface area (Å²) in [7, 11) is -3.84. The number of sulfone groups is 1. The number of hydrogen-bond donors (Lipinski definition) is 1. The minimum Gasteiger partial charge on any atom is -0.353 e. The van der Waals surface area contributed by atoms with E-state index >= 15 is 0 Å². The van der Waals surface area contributed by atoms with Crippen LogP contribution in [0.2, 0.25) is 0 Å². The largest absolute Gasteiger partial charge is 0.353 e. The fourth-order valence-electron chi connectivity index (χ4n) is 2.02. The lowest BCUT2D eigenvalue weighted by atomic mass is 10.2. The van der Waals surface area contributed by atoms with Crippen molar-refractivity contribution >= 4 is 27.3 Å². The Morgan fingerprint density at radius 2 is 1.96 bits per heavy atom. The smallest absolute Gasteiger partial charge is 0.234 e. The van der Waals surface area contributed by atoms with Gasteiger partial charge in [-0.2, -0.15) is 0 Å². The van der Waals surface area contributed by atoms with Crippen LogP contribution in [-0.4, -0.2) is 31.7 Å². The first-order valence-electron chi connectivity index (χ1n) is 6.67. The standard InChI is InChI=1S/C15H14ClFN2O3S/c16-8-15(20)19-10-14(11-2-1-7-18-9-11)23(21,22)13-5-3-12(17)4-6-13/h1-7,9,14H,8,10H2,(H,19,20)/t14-/m0/s1. The molecule has 1 N–H and O–H groups in total. The molecule has 2 rings (SSSR count). The van der Waals surface area contributed by atoms with Crippen LogP contribution in [0.4, 0.5) is 4.39 Å². The fraction of sp³-hybridized carbons (Fsp3) is 0.200. The highest BCUT2D eigenvalue weighted by Gasteiger charge is 2.29. The minimum atomic E-state index is -3.84. The van der Waals surface area contributed by atoms with Crippen LogP contribution in [0.5, 0.6) is 0 Å². The Bertz CT molecular complexity index is 767. The summed E-state index contributed by atoms with van der Waals surface area (Å²) in [5.41, 5.74) is 0.423. The highest BCUT2D eigenvalue weighted by atomic mass is 35.5. The molecule has 0 spiro atoms. The van der Waals surface area contributed by atoms with Crippen molar-refractivity contribution in [1.29, 1.82) is 0 Å². The molecule has 0 unspecified atom stereocenters. The number of pyridine rings is 1. The molecular formula is C15H14ClFN2O3S. The second kappa shape index (κ2) is 7.52. The zero-order chi connectivity index (χ0) is 16.9. The Kier molecular flexibility index (Phi) is 5.68. The molecule has 2 aromatic rings. The number of nitrogens with zero attached hydrogens (tertiary/aromatic N) is 1. The van der Waals surface area contributed by atoms with E-state index in [0.717, 1.165) is 12.1 Å². The number of nitrogens with one attached hydrogen (secondary N) is 1. The van der Waals surface area contributed by atoms with E-state index in [1.165, 1.54) is 24.5 Å². The quantitative estimate of drug-likeness (QED) is 0.635. The molecule has 0 saturated heterocycles. The lowest BCUT2D eigenvalue weighted by molar-refractivity contribution is -0.118. The van der Waals surface area contributed by atoms with Crippen LogP contribution < -0.4 is 5.32 Å². The van der Waals surface area contributed by atoms with E-state index in [4.69, 9.17) is 11.6 Å². The molecule has 1 aromatic carbocycles. The van der Waals surface area contributed by atoms with E-state index < -0.39 is 26.8 Å². The third-order valence-corrected chi connectivity index (χ3v) is 5.54. The topological polar surface area (TPSA) is 76.1 Å². The number of carbonyl (C=O) groups excluding carboxylic acids is 1. The van der Waals surface area contributed by atoms with Crippen molar-refractivity contribution < 1.29 is 17.6 Å². The Labute approximate surface area is 138 Å². The average molecular weight is 357 g/mol. The molecular weight excluding hydrogens is 343 g/mol. The maximum atomic E-state index is 13.0. The third kappa shape index (κ3) is 4.27. The van der Waals surface area contributed by atoms with Crippen LogP contribution in [0, 0.1) is 5.82 Å². The maximum absolute atomic E-state index is 13.0. The van der Waals surface area contributed by atoms with Gasteiger partial charge in [0, 0.05) is 18.9 Å². The van der Waals surface area contributed by atoms with Gasteiger partial charge >= 0.3 is 0 Å². The number of halogens is 2. The number of amides is 1. The SMILES string of the molecule is O=C(CCl)NC[C@@H](c1cccnc1)S(=O)(=O)c1ccc(F)cc1. The molecule has 1 amide bonds. The van der Waals surface area contributed by atoms with Gasteiger partial charge in [-0.05, 0) is 35.9 Å². The van der Waals surface area contributed by atoms with Gasteiger partial charge in [-0.1, -0.05) is 6.07 Å². The molecule has 122 valence electrons. The number of hydrogen-bond acceptors (Lipinski definition) is 4. The molecule has 0 bridgehead atoms. The minimum absolute atomic E-state index is 0.0344. The van der Waals surface area contributed by atoms with Gasteiger partial charge in [0.15, 0.2) is 9.84 Å². The zero-order valence-electron chi connectivity index (χ0n) is 11.9. The van der Waals surface area contributed by atoms with E-state index in [2.05, 4.69) is 10.3 Å². The molecule has 0 aliphatic heterocycles. The van der Waals surface area contributed by atoms with Gasteiger partial charge in [0.05, 0.1) is 4.90 Å². The molecule has 0 aliphatic carbocycles. The molecule has 0 radical (unpaired) electrons. The Morgan fingerprint density at radius 3 is 2.52 bits per heavy atom. The van der Waals surface area contributed by atoms with Gasteiger partial charge < -0.3 is 5.32 Å². The molecule has 1 atom stereocenters. The first kappa shape index (κ1) is 17.4. The van der Waals surface area contributed by atoms with E-state index in [1.54, 1.807) is 12.1 Å². The second-order valence-corrected chi connectivity index (χ2v) is 7.11. The number of alkyl halides is 1. The van der Waals surface area contributed by atoms with Crippen LogP contribution in [0.3, 0.4) is 0 Å². The van der Waals surface area contributed by atoms with Gasteiger partial charge in [0.1, 0.15) is 16.9 Å². The highest BCUT2D eigenvalue weighted by Crippen LogP contribution is 2.28. The van der Waals surface area contributed by atoms with Crippen LogP contribution in [-0.2, 0) is 14.6 Å². The number of rotatable bonds is 6. The van der Waals surface area contributed by atoms with Gasteiger partial charge in [-0.3, -0.25) is 9.78 Å². The monoisotopic (exact) mass is 356 g/mol. The Hall–Kier alpha value is -1.99. The van der Waals surface area contributed by atoms with Gasteiger partial charge in [0.25, 0.3) is 0 Å². The number of aromatic nitrogens is 1. The van der Waals surface area contributed by atoms with Crippen molar-refractivity contribution in [2.45, 2.75) is 10.1 Å². The summed E-state index contributed by atoms with van der Waals surface area (Å²) in [5.74, 6) is -1.27. The summed E-state index contributed by atoms with van der Waals surface area (Å²) in [6.07, 6.45) is 2.93. The molecule has 1 heterocycles. The van der Waals surface area contributed by atoms with E-state index in [-0.39, 0.29) is 17.3 Å². The van der Waals surface area contributed by atoms with Crippen LogP contribution in [0.1, 0.15) is 10.8 Å². The second-order valence-electron chi connectivity index (χ2n) is 4.71. The first-order valence-corrected chi connectivity index (χ1v) is 8.75. The van der Waals surface area contributed by atoms with Crippen LogP contribution >= 0.6 is 11.6 Å². The number of carbonyl (C=O) groups is 1. The van der Waals surface area contributed by atoms with E-state index in [1.807, 2.05) is 0 Å². The molecule has 0 saturated carbocycles. The Balaban J connectivity index is 2.39. The predicted molar refractivity (Wildman–Crippen MR) is 84.3 cm³/mol. The maximum Gasteiger partial charge on any atom is 0.234 e.